The minimum Gasteiger partial charge on any atom is -0.390 e. The number of rotatable bonds is 6. The first-order valence-electron chi connectivity index (χ1n) is 5.08. The average Bonchev–Trinajstić information content (AvgIpc) is 1.94. The number of hydrogen-bond acceptors (Lipinski definition) is 4. The maximum Gasteiger partial charge on any atom is 0.153 e. The van der Waals surface area contributed by atoms with Gasteiger partial charge < -0.3 is 10.4 Å². The Hall–Kier alpha value is -0.130. The van der Waals surface area contributed by atoms with Crippen molar-refractivity contribution in [2.45, 2.75) is 44.5 Å². The number of hydrogen-bond donors (Lipinski definition) is 2. The summed E-state index contributed by atoms with van der Waals surface area (Å²) in [4.78, 5) is 0. The normalized spacial score (nSPS) is 14.3. The largest absolute Gasteiger partial charge is 0.390 e. The van der Waals surface area contributed by atoms with Gasteiger partial charge in [-0.15, -0.1) is 0 Å². The lowest BCUT2D eigenvalue weighted by Gasteiger charge is -2.24. The highest BCUT2D eigenvalue weighted by molar-refractivity contribution is 7.92. The van der Waals surface area contributed by atoms with Crippen molar-refractivity contribution in [2.75, 3.05) is 19.3 Å². The topological polar surface area (TPSA) is 66.4 Å². The van der Waals surface area contributed by atoms with Gasteiger partial charge in [0.05, 0.1) is 10.3 Å². The molecule has 2 N–H and O–H groups in total. The van der Waals surface area contributed by atoms with E-state index >= 15 is 0 Å². The second-order valence-corrected chi connectivity index (χ2v) is 7.92. The minimum atomic E-state index is -3.04. The van der Waals surface area contributed by atoms with Crippen LogP contribution >= 0.6 is 0 Å². The van der Waals surface area contributed by atoms with Gasteiger partial charge in [-0.2, -0.15) is 0 Å². The lowest BCUT2D eigenvalue weighted by atomic mass is 10.1. The Bertz CT molecular complexity index is 288. The molecule has 0 aromatic rings. The van der Waals surface area contributed by atoms with Crippen LogP contribution in [0.1, 0.15) is 34.1 Å². The van der Waals surface area contributed by atoms with E-state index in [0.717, 1.165) is 0 Å². The van der Waals surface area contributed by atoms with E-state index in [1.54, 1.807) is 27.7 Å². The van der Waals surface area contributed by atoms with Crippen molar-refractivity contribution in [1.82, 2.24) is 5.32 Å². The number of aliphatic hydroxyl groups is 1. The van der Waals surface area contributed by atoms with Gasteiger partial charge >= 0.3 is 0 Å². The fraction of sp³-hybridized carbons (Fsp3) is 1.00. The summed E-state index contributed by atoms with van der Waals surface area (Å²) in [6, 6.07) is 0. The van der Waals surface area contributed by atoms with Crippen molar-refractivity contribution in [3.63, 3.8) is 0 Å². The smallest absolute Gasteiger partial charge is 0.153 e. The van der Waals surface area contributed by atoms with Crippen LogP contribution in [-0.4, -0.2) is 43.2 Å². The van der Waals surface area contributed by atoms with Gasteiger partial charge in [-0.3, -0.25) is 0 Å². The Balaban J connectivity index is 3.98. The molecule has 0 radical (unpaired) electrons. The molecule has 0 rings (SSSR count). The quantitative estimate of drug-likeness (QED) is 0.663. The van der Waals surface area contributed by atoms with Gasteiger partial charge in [0.1, 0.15) is 0 Å². The lowest BCUT2D eigenvalue weighted by Crippen LogP contribution is -2.42. The van der Waals surface area contributed by atoms with Gasteiger partial charge in [-0.25, -0.2) is 8.42 Å². The predicted molar refractivity (Wildman–Crippen MR) is 62.7 cm³/mol. The molecule has 0 bridgehead atoms. The molecule has 0 spiro atoms. The Kier molecular flexibility index (Phi) is 4.76. The third kappa shape index (κ3) is 6.12. The second kappa shape index (κ2) is 4.80. The number of sulfone groups is 1. The van der Waals surface area contributed by atoms with Crippen molar-refractivity contribution in [1.29, 1.82) is 0 Å². The van der Waals surface area contributed by atoms with Crippen LogP contribution in [0.4, 0.5) is 0 Å². The first-order chi connectivity index (χ1) is 6.46. The summed E-state index contributed by atoms with van der Waals surface area (Å²) in [5, 5.41) is 12.5. The van der Waals surface area contributed by atoms with Gasteiger partial charge in [-0.1, -0.05) is 0 Å². The maximum absolute atomic E-state index is 11.4. The molecule has 5 heteroatoms. The van der Waals surface area contributed by atoms with Crippen molar-refractivity contribution in [3.05, 3.63) is 0 Å². The molecule has 0 fully saturated rings. The highest BCUT2D eigenvalue weighted by Crippen LogP contribution is 2.13. The molecule has 0 atom stereocenters. The number of nitrogens with one attached hydrogen (secondary N) is 1. The fourth-order valence-corrected chi connectivity index (χ4v) is 1.28. The molecular formula is C10H23NO3S. The van der Waals surface area contributed by atoms with Gasteiger partial charge in [0, 0.05) is 12.8 Å². The molecule has 0 aromatic carbocycles. The monoisotopic (exact) mass is 237 g/mol. The summed E-state index contributed by atoms with van der Waals surface area (Å²) in [5.41, 5.74) is -0.706. The molecule has 0 aromatic heterocycles. The molecule has 0 aliphatic rings. The van der Waals surface area contributed by atoms with E-state index < -0.39 is 20.2 Å². The zero-order valence-electron chi connectivity index (χ0n) is 10.3. The Morgan fingerprint density at radius 3 is 2.00 bits per heavy atom. The molecule has 0 saturated heterocycles. The van der Waals surface area contributed by atoms with Crippen LogP contribution in [0.2, 0.25) is 0 Å². The van der Waals surface area contributed by atoms with E-state index in [9.17, 15) is 13.5 Å². The molecular weight excluding hydrogens is 214 g/mol. The van der Waals surface area contributed by atoms with Crippen LogP contribution in [0.15, 0.2) is 0 Å². The third-order valence-electron chi connectivity index (χ3n) is 2.47. The Morgan fingerprint density at radius 2 is 1.67 bits per heavy atom. The standard InChI is InChI=1S/C10H23NO3S/c1-9(2,12)6-7-11-8-10(3,4)15(5,13)14/h11-12H,6-8H2,1-5H3. The minimum absolute atomic E-state index is 0.405. The van der Waals surface area contributed by atoms with Crippen LogP contribution in [0, 0.1) is 0 Å². The summed E-state index contributed by atoms with van der Waals surface area (Å²) in [7, 11) is -3.04. The second-order valence-electron chi connectivity index (χ2n) is 5.27. The van der Waals surface area contributed by atoms with Crippen molar-refractivity contribution < 1.29 is 13.5 Å². The molecule has 0 unspecified atom stereocenters. The summed E-state index contributed by atoms with van der Waals surface area (Å²) >= 11 is 0. The first kappa shape index (κ1) is 14.9. The van der Waals surface area contributed by atoms with E-state index in [2.05, 4.69) is 5.32 Å². The van der Waals surface area contributed by atoms with Gasteiger partial charge in [0.15, 0.2) is 9.84 Å². The van der Waals surface area contributed by atoms with E-state index in [1.807, 2.05) is 0 Å². The van der Waals surface area contributed by atoms with Crippen molar-refractivity contribution in [2.24, 2.45) is 0 Å². The summed E-state index contributed by atoms with van der Waals surface area (Å²) in [6.45, 7) is 7.87. The van der Waals surface area contributed by atoms with Gasteiger partial charge in [-0.05, 0) is 40.7 Å². The molecule has 4 nitrogen and oxygen atoms in total. The molecule has 0 saturated carbocycles. The summed E-state index contributed by atoms with van der Waals surface area (Å²) < 4.78 is 22.0. The van der Waals surface area contributed by atoms with Crippen LogP contribution in [0.3, 0.4) is 0 Å². The maximum atomic E-state index is 11.4. The summed E-state index contributed by atoms with van der Waals surface area (Å²) in [6.07, 6.45) is 1.84. The van der Waals surface area contributed by atoms with Crippen LogP contribution in [0.5, 0.6) is 0 Å². The van der Waals surface area contributed by atoms with Crippen molar-refractivity contribution in [3.8, 4) is 0 Å². The van der Waals surface area contributed by atoms with Crippen LogP contribution in [0.25, 0.3) is 0 Å². The zero-order valence-corrected chi connectivity index (χ0v) is 11.1. The van der Waals surface area contributed by atoms with Gasteiger partial charge in [0.2, 0.25) is 0 Å². The van der Waals surface area contributed by atoms with E-state index in [4.69, 9.17) is 0 Å². The van der Waals surface area contributed by atoms with E-state index in [-0.39, 0.29) is 0 Å². The van der Waals surface area contributed by atoms with Gasteiger partial charge in [0.25, 0.3) is 0 Å². The average molecular weight is 237 g/mol. The molecule has 0 aliphatic carbocycles. The highest BCUT2D eigenvalue weighted by Gasteiger charge is 2.29. The molecule has 0 heterocycles. The van der Waals surface area contributed by atoms with E-state index in [1.165, 1.54) is 6.26 Å². The SMILES string of the molecule is CC(C)(O)CCNCC(C)(C)S(C)(=O)=O. The zero-order chi connectivity index (χ0) is 12.3. The van der Waals surface area contributed by atoms with E-state index in [0.29, 0.717) is 19.5 Å². The van der Waals surface area contributed by atoms with Crippen LogP contribution < -0.4 is 5.32 Å². The molecule has 0 amide bonds. The van der Waals surface area contributed by atoms with Crippen molar-refractivity contribution >= 4 is 9.84 Å². The Morgan fingerprint density at radius 1 is 1.20 bits per heavy atom. The third-order valence-corrected chi connectivity index (χ3v) is 4.62. The molecule has 15 heavy (non-hydrogen) atoms. The molecule has 0 aliphatic heterocycles. The molecule has 92 valence electrons. The Labute approximate surface area is 93.0 Å². The lowest BCUT2D eigenvalue weighted by molar-refractivity contribution is 0.0711. The van der Waals surface area contributed by atoms with Crippen LogP contribution in [-0.2, 0) is 9.84 Å². The highest BCUT2D eigenvalue weighted by atomic mass is 32.2. The summed E-state index contributed by atoms with van der Waals surface area (Å²) in [5.74, 6) is 0. The first-order valence-corrected chi connectivity index (χ1v) is 6.97. The predicted octanol–water partition coefficient (Wildman–Crippen LogP) is 0.560. The fourth-order valence-electron chi connectivity index (χ4n) is 0.915.